The number of aliphatic hydroxyl groups is 1. The monoisotopic (exact) mass is 404 g/mol. The average Bonchev–Trinajstić information content (AvgIpc) is 3.13. The van der Waals surface area contributed by atoms with E-state index >= 15 is 0 Å². The number of hydrogen-bond donors (Lipinski definition) is 2. The third-order valence-corrected chi connectivity index (χ3v) is 6.93. The van der Waals surface area contributed by atoms with Gasteiger partial charge >= 0.3 is 0 Å². The van der Waals surface area contributed by atoms with Crippen molar-refractivity contribution in [1.82, 2.24) is 9.78 Å². The van der Waals surface area contributed by atoms with Crippen molar-refractivity contribution in [2.24, 2.45) is 11.3 Å². The maximum Gasteiger partial charge on any atom is 0.123 e. The normalized spacial score (nSPS) is 24.0. The van der Waals surface area contributed by atoms with E-state index in [1.165, 1.54) is 17.7 Å². The van der Waals surface area contributed by atoms with Crippen LogP contribution in [0.2, 0.25) is 0 Å². The first-order valence-corrected chi connectivity index (χ1v) is 10.5. The van der Waals surface area contributed by atoms with Crippen molar-refractivity contribution in [3.8, 4) is 11.4 Å². The van der Waals surface area contributed by atoms with Crippen LogP contribution < -0.4 is 0 Å². The summed E-state index contributed by atoms with van der Waals surface area (Å²) in [4.78, 5) is 0. The molecule has 3 aromatic rings. The predicted molar refractivity (Wildman–Crippen MR) is 114 cm³/mol. The lowest BCUT2D eigenvalue weighted by molar-refractivity contribution is 0.0216. The fourth-order valence-corrected chi connectivity index (χ4v) is 5.31. The van der Waals surface area contributed by atoms with Crippen LogP contribution in [0.1, 0.15) is 49.1 Å². The van der Waals surface area contributed by atoms with E-state index in [-0.39, 0.29) is 22.9 Å². The molecule has 0 amide bonds. The minimum atomic E-state index is -0.639. The van der Waals surface area contributed by atoms with Crippen molar-refractivity contribution >= 4 is 6.08 Å². The molecule has 0 aliphatic heterocycles. The third-order valence-electron chi connectivity index (χ3n) is 6.93. The Labute approximate surface area is 175 Å². The highest BCUT2D eigenvalue weighted by molar-refractivity contribution is 5.61. The van der Waals surface area contributed by atoms with E-state index in [1.54, 1.807) is 30.3 Å². The quantitative estimate of drug-likeness (QED) is 0.631. The molecule has 30 heavy (non-hydrogen) atoms. The Hall–Kier alpha value is -2.92. The minimum absolute atomic E-state index is 0.0571. The Bertz CT molecular complexity index is 1120. The van der Waals surface area contributed by atoms with Crippen molar-refractivity contribution in [3.05, 3.63) is 82.9 Å². The average molecular weight is 404 g/mol. The van der Waals surface area contributed by atoms with Crippen LogP contribution in [-0.4, -0.2) is 20.0 Å². The minimum Gasteiger partial charge on any atom is -0.508 e. The number of allylic oxidation sites excluding steroid dienone is 1. The van der Waals surface area contributed by atoms with Gasteiger partial charge in [0.25, 0.3) is 0 Å². The molecule has 3 atom stereocenters. The zero-order valence-electron chi connectivity index (χ0n) is 16.9. The second-order valence-electron chi connectivity index (χ2n) is 8.75. The van der Waals surface area contributed by atoms with Crippen LogP contribution in [0.25, 0.3) is 11.8 Å². The number of phenols is 1. The fourth-order valence-electron chi connectivity index (χ4n) is 5.31. The Morgan fingerprint density at radius 1 is 1.20 bits per heavy atom. The summed E-state index contributed by atoms with van der Waals surface area (Å²) in [7, 11) is 0. The van der Waals surface area contributed by atoms with Gasteiger partial charge in [-0.25, -0.2) is 9.07 Å². The maximum atomic E-state index is 13.3. The van der Waals surface area contributed by atoms with Crippen molar-refractivity contribution in [3.63, 3.8) is 0 Å². The number of aromatic hydroxyl groups is 1. The summed E-state index contributed by atoms with van der Waals surface area (Å²) in [5.74, 6) is -0.0295. The van der Waals surface area contributed by atoms with Gasteiger partial charge in [-0.05, 0) is 90.6 Å². The Morgan fingerprint density at radius 3 is 2.77 bits per heavy atom. The van der Waals surface area contributed by atoms with Gasteiger partial charge in [-0.15, -0.1) is 0 Å². The number of fused-ring (bicyclic) bond motifs is 2. The fraction of sp³-hybridized carbons (Fsp3) is 0.320. The molecule has 4 nitrogen and oxygen atoms in total. The number of aliphatic hydroxyl groups excluding tert-OH is 1. The van der Waals surface area contributed by atoms with Crippen LogP contribution >= 0.6 is 0 Å². The third kappa shape index (κ3) is 3.05. The van der Waals surface area contributed by atoms with Crippen LogP contribution in [0.4, 0.5) is 4.39 Å². The van der Waals surface area contributed by atoms with Gasteiger partial charge in [0.2, 0.25) is 0 Å². The van der Waals surface area contributed by atoms with E-state index in [0.29, 0.717) is 0 Å². The lowest BCUT2D eigenvalue weighted by Gasteiger charge is -2.47. The summed E-state index contributed by atoms with van der Waals surface area (Å²) >= 11 is 0. The molecule has 1 saturated carbocycles. The Balaban J connectivity index is 1.52. The largest absolute Gasteiger partial charge is 0.508 e. The molecular formula is C25H25FN2O2. The van der Waals surface area contributed by atoms with Crippen LogP contribution in [-0.2, 0) is 6.42 Å². The van der Waals surface area contributed by atoms with E-state index in [4.69, 9.17) is 0 Å². The molecule has 2 aliphatic carbocycles. The number of aromatic nitrogens is 2. The summed E-state index contributed by atoms with van der Waals surface area (Å²) in [6.45, 7) is 2.24. The van der Waals surface area contributed by atoms with Crippen LogP contribution in [0.5, 0.6) is 5.75 Å². The summed E-state index contributed by atoms with van der Waals surface area (Å²) in [5, 5.41) is 25.7. The molecule has 154 valence electrons. The molecule has 5 heteroatoms. The number of nitrogens with zero attached hydrogens (tertiary/aromatic N) is 2. The molecule has 2 aliphatic rings. The molecule has 0 radical (unpaired) electrons. The standard InChI is InChI=1S/C25H25FN2O2/c1-25-14-17-15-27-28(20-10-8-19(26)9-11-20)23(17)13-18(25)5-3-7-22(25)24(30)16-4-2-6-21(29)12-16/h2,4,6,8-13,15,22,24,29-30H,3,5,7,14H2,1H3/t22-,24+,25+/m1/s1. The van der Waals surface area contributed by atoms with Gasteiger partial charge < -0.3 is 10.2 Å². The summed E-state index contributed by atoms with van der Waals surface area (Å²) in [6.07, 6.45) is 7.22. The molecule has 1 aromatic heterocycles. The Kier molecular flexibility index (Phi) is 4.51. The molecule has 1 heterocycles. The van der Waals surface area contributed by atoms with E-state index in [0.717, 1.165) is 48.2 Å². The Morgan fingerprint density at radius 2 is 2.00 bits per heavy atom. The lowest BCUT2D eigenvalue weighted by Crippen LogP contribution is -2.40. The van der Waals surface area contributed by atoms with Crippen molar-refractivity contribution in [2.75, 3.05) is 0 Å². The lowest BCUT2D eigenvalue weighted by atomic mass is 9.57. The van der Waals surface area contributed by atoms with Gasteiger partial charge in [-0.3, -0.25) is 0 Å². The molecule has 5 rings (SSSR count). The zero-order valence-corrected chi connectivity index (χ0v) is 16.9. The van der Waals surface area contributed by atoms with Crippen LogP contribution in [0.15, 0.2) is 60.3 Å². The van der Waals surface area contributed by atoms with Crippen LogP contribution in [0.3, 0.4) is 0 Å². The highest BCUT2D eigenvalue weighted by Gasteiger charge is 2.46. The van der Waals surface area contributed by atoms with Crippen molar-refractivity contribution in [1.29, 1.82) is 0 Å². The van der Waals surface area contributed by atoms with Gasteiger partial charge in [0, 0.05) is 0 Å². The number of hydrogen-bond acceptors (Lipinski definition) is 3. The molecule has 2 aromatic carbocycles. The maximum absolute atomic E-state index is 13.3. The second-order valence-corrected chi connectivity index (χ2v) is 8.75. The first kappa shape index (κ1) is 19.1. The van der Waals surface area contributed by atoms with Gasteiger partial charge in [0.05, 0.1) is 23.7 Å². The molecule has 2 N–H and O–H groups in total. The van der Waals surface area contributed by atoms with E-state index in [2.05, 4.69) is 18.1 Å². The van der Waals surface area contributed by atoms with Gasteiger partial charge in [0.15, 0.2) is 0 Å². The van der Waals surface area contributed by atoms with Gasteiger partial charge in [0.1, 0.15) is 11.6 Å². The zero-order chi connectivity index (χ0) is 20.9. The highest BCUT2D eigenvalue weighted by Crippen LogP contribution is 2.54. The first-order valence-electron chi connectivity index (χ1n) is 10.5. The van der Waals surface area contributed by atoms with E-state index in [9.17, 15) is 14.6 Å². The summed E-state index contributed by atoms with van der Waals surface area (Å²) in [5.41, 5.74) is 4.93. The van der Waals surface area contributed by atoms with Gasteiger partial charge in [-0.2, -0.15) is 5.10 Å². The summed E-state index contributed by atoms with van der Waals surface area (Å²) in [6, 6.07) is 13.3. The number of phenolic OH excluding ortho intramolecular Hbond substituents is 1. The highest BCUT2D eigenvalue weighted by atomic mass is 19.1. The van der Waals surface area contributed by atoms with Crippen molar-refractivity contribution in [2.45, 2.75) is 38.7 Å². The summed E-state index contributed by atoms with van der Waals surface area (Å²) < 4.78 is 15.2. The second kappa shape index (κ2) is 7.10. The molecule has 0 spiro atoms. The number of rotatable bonds is 3. The van der Waals surface area contributed by atoms with Gasteiger partial charge in [-0.1, -0.05) is 24.6 Å². The smallest absolute Gasteiger partial charge is 0.123 e. The first-order chi connectivity index (χ1) is 14.5. The molecular weight excluding hydrogens is 379 g/mol. The topological polar surface area (TPSA) is 58.3 Å². The molecule has 0 saturated heterocycles. The SMILES string of the molecule is C[C@]12Cc3cnn(-c4ccc(F)cc4)c3C=C1CCC[C@@H]2[C@@H](O)c1cccc(O)c1. The predicted octanol–water partition coefficient (Wildman–Crippen LogP) is 5.20. The molecule has 0 bridgehead atoms. The molecule has 0 unspecified atom stereocenters. The van der Waals surface area contributed by atoms with E-state index < -0.39 is 6.10 Å². The van der Waals surface area contributed by atoms with Crippen molar-refractivity contribution < 1.29 is 14.6 Å². The van der Waals surface area contributed by atoms with Crippen LogP contribution in [0, 0.1) is 17.2 Å². The molecule has 1 fully saturated rings. The van der Waals surface area contributed by atoms with E-state index in [1.807, 2.05) is 16.9 Å². The number of benzene rings is 2. The number of halogens is 1.